The van der Waals surface area contributed by atoms with Crippen molar-refractivity contribution >= 4 is 5.91 Å². The lowest BCUT2D eigenvalue weighted by Gasteiger charge is -2.35. The standard InChI is InChI=1S/C18H25N5O2/c1-3-16(24)12-21-7-9-22(10-8-21)18(25)17-13-23(20-19-17)15-6-4-5-14(2)11-15/h4-6,11,13,16,24H,3,7-10,12H2,1-2H3/t16-/m0/s1. The van der Waals surface area contributed by atoms with E-state index < -0.39 is 0 Å². The van der Waals surface area contributed by atoms with Gasteiger partial charge < -0.3 is 10.0 Å². The number of aromatic nitrogens is 3. The molecule has 1 fully saturated rings. The maximum Gasteiger partial charge on any atom is 0.276 e. The van der Waals surface area contributed by atoms with E-state index in [9.17, 15) is 9.90 Å². The number of rotatable bonds is 5. The molecule has 1 atom stereocenters. The third-order valence-corrected chi connectivity index (χ3v) is 4.58. The van der Waals surface area contributed by atoms with Gasteiger partial charge in [-0.05, 0) is 31.0 Å². The van der Waals surface area contributed by atoms with Gasteiger partial charge in [0.15, 0.2) is 5.69 Å². The zero-order chi connectivity index (χ0) is 17.8. The van der Waals surface area contributed by atoms with Crippen LogP contribution < -0.4 is 0 Å². The van der Waals surface area contributed by atoms with Crippen molar-refractivity contribution in [3.05, 3.63) is 41.7 Å². The smallest absolute Gasteiger partial charge is 0.276 e. The fourth-order valence-corrected chi connectivity index (χ4v) is 2.98. The van der Waals surface area contributed by atoms with Gasteiger partial charge in [0.2, 0.25) is 0 Å². The highest BCUT2D eigenvalue weighted by Crippen LogP contribution is 2.12. The van der Waals surface area contributed by atoms with Crippen LogP contribution >= 0.6 is 0 Å². The lowest BCUT2D eigenvalue weighted by Crippen LogP contribution is -2.50. The summed E-state index contributed by atoms with van der Waals surface area (Å²) in [6, 6.07) is 7.91. The Balaban J connectivity index is 1.61. The summed E-state index contributed by atoms with van der Waals surface area (Å²) in [6.07, 6.45) is 2.14. The van der Waals surface area contributed by atoms with Gasteiger partial charge in [-0.15, -0.1) is 5.10 Å². The molecule has 2 heterocycles. The molecule has 1 aliphatic rings. The average molecular weight is 343 g/mol. The molecule has 0 aliphatic carbocycles. The first-order chi connectivity index (χ1) is 12.1. The molecule has 1 aromatic heterocycles. The molecule has 25 heavy (non-hydrogen) atoms. The number of aliphatic hydroxyl groups excluding tert-OH is 1. The molecule has 1 N–H and O–H groups in total. The molecule has 0 radical (unpaired) electrons. The minimum Gasteiger partial charge on any atom is -0.392 e. The van der Waals surface area contributed by atoms with Gasteiger partial charge in [0.1, 0.15) is 0 Å². The first-order valence-electron chi connectivity index (χ1n) is 8.76. The van der Waals surface area contributed by atoms with Gasteiger partial charge in [0.25, 0.3) is 5.91 Å². The molecule has 1 aliphatic heterocycles. The number of hydrogen-bond acceptors (Lipinski definition) is 5. The van der Waals surface area contributed by atoms with Crippen molar-refractivity contribution in [3.8, 4) is 5.69 Å². The summed E-state index contributed by atoms with van der Waals surface area (Å²) in [5.41, 5.74) is 2.39. The Bertz CT molecular complexity index is 722. The molecular formula is C18H25N5O2. The largest absolute Gasteiger partial charge is 0.392 e. The highest BCUT2D eigenvalue weighted by atomic mass is 16.3. The van der Waals surface area contributed by atoms with Crippen molar-refractivity contribution in [1.29, 1.82) is 0 Å². The molecule has 0 spiro atoms. The normalized spacial score (nSPS) is 16.8. The zero-order valence-corrected chi connectivity index (χ0v) is 14.8. The lowest BCUT2D eigenvalue weighted by atomic mass is 10.2. The van der Waals surface area contributed by atoms with Crippen LogP contribution in [0.1, 0.15) is 29.4 Å². The van der Waals surface area contributed by atoms with E-state index in [4.69, 9.17) is 0 Å². The Labute approximate surface area is 147 Å². The molecule has 7 nitrogen and oxygen atoms in total. The highest BCUT2D eigenvalue weighted by Gasteiger charge is 2.25. The molecule has 3 rings (SSSR count). The van der Waals surface area contributed by atoms with Crippen LogP contribution in [-0.2, 0) is 0 Å². The Hall–Kier alpha value is -2.25. The van der Waals surface area contributed by atoms with Crippen molar-refractivity contribution in [3.63, 3.8) is 0 Å². The van der Waals surface area contributed by atoms with Crippen LogP contribution in [0, 0.1) is 6.92 Å². The average Bonchev–Trinajstić information content (AvgIpc) is 3.12. The third kappa shape index (κ3) is 4.24. The topological polar surface area (TPSA) is 74.5 Å². The van der Waals surface area contributed by atoms with Gasteiger partial charge in [0, 0.05) is 32.7 Å². The predicted molar refractivity (Wildman–Crippen MR) is 94.7 cm³/mol. The zero-order valence-electron chi connectivity index (χ0n) is 14.8. The van der Waals surface area contributed by atoms with Crippen molar-refractivity contribution in [1.82, 2.24) is 24.8 Å². The molecule has 1 aromatic carbocycles. The number of carbonyl (C=O) groups is 1. The number of aryl methyl sites for hydroxylation is 1. The monoisotopic (exact) mass is 343 g/mol. The molecule has 0 saturated carbocycles. The summed E-state index contributed by atoms with van der Waals surface area (Å²) in [5, 5.41) is 17.9. The van der Waals surface area contributed by atoms with E-state index in [1.54, 1.807) is 15.8 Å². The van der Waals surface area contributed by atoms with Crippen LogP contribution in [0.3, 0.4) is 0 Å². The minimum absolute atomic E-state index is 0.0883. The van der Waals surface area contributed by atoms with E-state index in [0.717, 1.165) is 30.8 Å². The first kappa shape index (κ1) is 17.6. The van der Waals surface area contributed by atoms with Gasteiger partial charge in [-0.1, -0.05) is 24.3 Å². The Morgan fingerprint density at radius 2 is 2.04 bits per heavy atom. The fraction of sp³-hybridized carbons (Fsp3) is 0.500. The van der Waals surface area contributed by atoms with Crippen molar-refractivity contribution < 1.29 is 9.90 Å². The summed E-state index contributed by atoms with van der Waals surface area (Å²) >= 11 is 0. The van der Waals surface area contributed by atoms with Gasteiger partial charge >= 0.3 is 0 Å². The minimum atomic E-state index is -0.295. The second-order valence-electron chi connectivity index (χ2n) is 6.54. The van der Waals surface area contributed by atoms with Gasteiger partial charge in [-0.2, -0.15) is 0 Å². The van der Waals surface area contributed by atoms with Crippen molar-refractivity contribution in [2.75, 3.05) is 32.7 Å². The number of nitrogens with zero attached hydrogens (tertiary/aromatic N) is 5. The Morgan fingerprint density at radius 1 is 1.28 bits per heavy atom. The van der Waals surface area contributed by atoms with Gasteiger partial charge in [0.05, 0.1) is 18.0 Å². The molecule has 1 amide bonds. The summed E-state index contributed by atoms with van der Waals surface area (Å²) in [4.78, 5) is 16.6. The first-order valence-corrected chi connectivity index (χ1v) is 8.76. The predicted octanol–water partition coefficient (Wildman–Crippen LogP) is 1.10. The van der Waals surface area contributed by atoms with Crippen LogP contribution in [0.4, 0.5) is 0 Å². The number of β-amino-alcohol motifs (C(OH)–C–C–N with tert-alkyl or cyclic N) is 1. The molecule has 0 unspecified atom stereocenters. The van der Waals surface area contributed by atoms with E-state index in [-0.39, 0.29) is 12.0 Å². The maximum absolute atomic E-state index is 12.6. The number of piperazine rings is 1. The van der Waals surface area contributed by atoms with E-state index in [0.29, 0.717) is 25.3 Å². The molecule has 2 aromatic rings. The van der Waals surface area contributed by atoms with E-state index >= 15 is 0 Å². The molecule has 0 bridgehead atoms. The number of aliphatic hydroxyl groups is 1. The second kappa shape index (κ2) is 7.76. The number of carbonyl (C=O) groups excluding carboxylic acids is 1. The number of amides is 1. The summed E-state index contributed by atoms with van der Waals surface area (Å²) in [5.74, 6) is -0.0883. The van der Waals surface area contributed by atoms with Crippen LogP contribution in [0.15, 0.2) is 30.5 Å². The van der Waals surface area contributed by atoms with Crippen LogP contribution in [0.5, 0.6) is 0 Å². The lowest BCUT2D eigenvalue weighted by molar-refractivity contribution is 0.0519. The van der Waals surface area contributed by atoms with E-state index in [1.165, 1.54) is 0 Å². The highest BCUT2D eigenvalue weighted by molar-refractivity contribution is 5.92. The van der Waals surface area contributed by atoms with E-state index in [2.05, 4.69) is 15.2 Å². The maximum atomic E-state index is 12.6. The molecule has 7 heteroatoms. The third-order valence-electron chi connectivity index (χ3n) is 4.58. The summed E-state index contributed by atoms with van der Waals surface area (Å²) in [6.45, 7) is 7.49. The Kier molecular flexibility index (Phi) is 5.45. The van der Waals surface area contributed by atoms with Crippen LogP contribution in [0.25, 0.3) is 5.69 Å². The van der Waals surface area contributed by atoms with Crippen LogP contribution in [-0.4, -0.2) is 74.6 Å². The Morgan fingerprint density at radius 3 is 2.72 bits per heavy atom. The molecule has 134 valence electrons. The van der Waals surface area contributed by atoms with Crippen molar-refractivity contribution in [2.45, 2.75) is 26.4 Å². The second-order valence-corrected chi connectivity index (χ2v) is 6.54. The van der Waals surface area contributed by atoms with Gasteiger partial charge in [-0.25, -0.2) is 4.68 Å². The summed E-state index contributed by atoms with van der Waals surface area (Å²) in [7, 11) is 0. The van der Waals surface area contributed by atoms with Crippen LogP contribution in [0.2, 0.25) is 0 Å². The SMILES string of the molecule is CC[C@H](O)CN1CCN(C(=O)c2cn(-c3cccc(C)c3)nn2)CC1. The molecular weight excluding hydrogens is 318 g/mol. The fourth-order valence-electron chi connectivity index (χ4n) is 2.98. The molecule has 1 saturated heterocycles. The quantitative estimate of drug-likeness (QED) is 0.880. The van der Waals surface area contributed by atoms with Crippen molar-refractivity contribution in [2.24, 2.45) is 0 Å². The van der Waals surface area contributed by atoms with E-state index in [1.807, 2.05) is 38.1 Å². The summed E-state index contributed by atoms with van der Waals surface area (Å²) < 4.78 is 1.63. The van der Waals surface area contributed by atoms with Gasteiger partial charge in [-0.3, -0.25) is 9.69 Å². The number of hydrogen-bond donors (Lipinski definition) is 1. The number of benzene rings is 1.